The molecule has 0 atom stereocenters. The Hall–Kier alpha value is -1.21. The quantitative estimate of drug-likeness (QED) is 0.669. The van der Waals surface area contributed by atoms with Gasteiger partial charge in [-0.2, -0.15) is 0 Å². The normalized spacial score (nSPS) is 10.5. The number of amides is 1. The highest BCUT2D eigenvalue weighted by atomic mass is 35.5. The van der Waals surface area contributed by atoms with Gasteiger partial charge in [0.25, 0.3) is 5.91 Å². The molecule has 0 aliphatic carbocycles. The second-order valence-electron chi connectivity index (χ2n) is 3.94. The fourth-order valence-corrected chi connectivity index (χ4v) is 3.24. The Bertz CT molecular complexity index is 642. The number of nitrogens with one attached hydrogen (secondary N) is 2. The molecule has 0 saturated carbocycles. The number of thiocarbonyl (C=S) groups is 1. The molecule has 1 amide bonds. The molecule has 0 fully saturated rings. The Labute approximate surface area is 131 Å². The molecule has 2 aromatic rings. The van der Waals surface area contributed by atoms with E-state index in [1.165, 1.54) is 11.3 Å². The van der Waals surface area contributed by atoms with Crippen molar-refractivity contribution in [2.75, 3.05) is 20.3 Å². The Morgan fingerprint density at radius 2 is 2.20 bits per heavy atom. The zero-order valence-electron chi connectivity index (χ0n) is 10.7. The summed E-state index contributed by atoms with van der Waals surface area (Å²) < 4.78 is 5.86. The summed E-state index contributed by atoms with van der Waals surface area (Å²) in [5, 5.41) is 7.08. The fraction of sp³-hybridized carbons (Fsp3) is 0.231. The number of hydrogen-bond donors (Lipinski definition) is 2. The van der Waals surface area contributed by atoms with Crippen molar-refractivity contribution in [3.8, 4) is 0 Å². The highest BCUT2D eigenvalue weighted by Gasteiger charge is 2.17. The van der Waals surface area contributed by atoms with Gasteiger partial charge in [-0.25, -0.2) is 0 Å². The molecule has 0 aliphatic rings. The molecule has 2 rings (SSSR count). The maximum atomic E-state index is 12.1. The van der Waals surface area contributed by atoms with Crippen molar-refractivity contribution >= 4 is 56.3 Å². The standard InChI is InChI=1S/C13H13ClN2O2S2/c1-18-7-6-15-13(19)16-12(17)11-10(14)8-4-2-3-5-9(8)20-11/h2-5H,6-7H2,1H3,(H2,15,16,17,19). The van der Waals surface area contributed by atoms with Crippen LogP contribution in [0.15, 0.2) is 24.3 Å². The molecule has 106 valence electrons. The van der Waals surface area contributed by atoms with Crippen molar-refractivity contribution in [1.82, 2.24) is 10.6 Å². The number of halogens is 1. The minimum Gasteiger partial charge on any atom is -0.383 e. The second kappa shape index (κ2) is 6.99. The van der Waals surface area contributed by atoms with Gasteiger partial charge in [0.2, 0.25) is 0 Å². The number of methoxy groups -OCH3 is 1. The summed E-state index contributed by atoms with van der Waals surface area (Å²) >= 11 is 12.6. The van der Waals surface area contributed by atoms with E-state index in [2.05, 4.69) is 10.6 Å². The minimum atomic E-state index is -0.300. The lowest BCUT2D eigenvalue weighted by molar-refractivity contribution is 0.0980. The SMILES string of the molecule is COCCNC(=S)NC(=O)c1sc2ccccc2c1Cl. The lowest BCUT2D eigenvalue weighted by Gasteiger charge is -2.08. The highest BCUT2D eigenvalue weighted by molar-refractivity contribution is 7.80. The number of ether oxygens (including phenoxy) is 1. The van der Waals surface area contributed by atoms with Gasteiger partial charge < -0.3 is 10.1 Å². The number of carbonyl (C=O) groups excluding carboxylic acids is 1. The van der Waals surface area contributed by atoms with Crippen molar-refractivity contribution in [1.29, 1.82) is 0 Å². The molecule has 0 bridgehead atoms. The number of carbonyl (C=O) groups is 1. The average molecular weight is 329 g/mol. The van der Waals surface area contributed by atoms with Crippen LogP contribution in [-0.4, -0.2) is 31.3 Å². The molecule has 1 heterocycles. The van der Waals surface area contributed by atoms with Crippen molar-refractivity contribution in [3.05, 3.63) is 34.2 Å². The minimum absolute atomic E-state index is 0.264. The van der Waals surface area contributed by atoms with Gasteiger partial charge in [-0.15, -0.1) is 11.3 Å². The van der Waals surface area contributed by atoms with Gasteiger partial charge in [-0.1, -0.05) is 29.8 Å². The van der Waals surface area contributed by atoms with Crippen molar-refractivity contribution < 1.29 is 9.53 Å². The number of thiophene rings is 1. The third-order valence-electron chi connectivity index (χ3n) is 2.56. The van der Waals surface area contributed by atoms with E-state index < -0.39 is 0 Å². The van der Waals surface area contributed by atoms with Crippen LogP contribution in [0.1, 0.15) is 9.67 Å². The molecule has 20 heavy (non-hydrogen) atoms. The Balaban J connectivity index is 2.08. The molecule has 7 heteroatoms. The van der Waals surface area contributed by atoms with Crippen molar-refractivity contribution in [3.63, 3.8) is 0 Å². The van der Waals surface area contributed by atoms with E-state index in [-0.39, 0.29) is 11.0 Å². The molecule has 0 saturated heterocycles. The fourth-order valence-electron chi connectivity index (χ4n) is 1.63. The zero-order valence-corrected chi connectivity index (χ0v) is 13.1. The lowest BCUT2D eigenvalue weighted by atomic mass is 10.2. The number of benzene rings is 1. The monoisotopic (exact) mass is 328 g/mol. The van der Waals surface area contributed by atoms with Gasteiger partial charge >= 0.3 is 0 Å². The molecule has 2 N–H and O–H groups in total. The Morgan fingerprint density at radius 3 is 2.90 bits per heavy atom. The summed E-state index contributed by atoms with van der Waals surface area (Å²) in [5.74, 6) is -0.300. The first kappa shape index (κ1) is 15.2. The molecule has 0 spiro atoms. The topological polar surface area (TPSA) is 50.4 Å². The van der Waals surface area contributed by atoms with Crippen LogP contribution in [0.5, 0.6) is 0 Å². The zero-order chi connectivity index (χ0) is 14.5. The molecular formula is C13H13ClN2O2S2. The van der Waals surface area contributed by atoms with Gasteiger partial charge in [-0.3, -0.25) is 10.1 Å². The second-order valence-corrected chi connectivity index (χ2v) is 5.78. The van der Waals surface area contributed by atoms with Crippen LogP contribution in [0.4, 0.5) is 0 Å². The Morgan fingerprint density at radius 1 is 1.45 bits per heavy atom. The van der Waals surface area contributed by atoms with Crippen molar-refractivity contribution in [2.24, 2.45) is 0 Å². The first-order valence-corrected chi connectivity index (χ1v) is 7.49. The predicted octanol–water partition coefficient (Wildman–Crippen LogP) is 2.81. The van der Waals surface area contributed by atoms with E-state index in [0.29, 0.717) is 23.1 Å². The maximum Gasteiger partial charge on any atom is 0.269 e. The molecule has 1 aromatic heterocycles. The van der Waals surface area contributed by atoms with E-state index in [1.807, 2.05) is 24.3 Å². The van der Waals surface area contributed by atoms with Crippen LogP contribution < -0.4 is 10.6 Å². The molecule has 0 unspecified atom stereocenters. The summed E-state index contributed by atoms with van der Waals surface area (Å²) in [4.78, 5) is 12.6. The van der Waals surface area contributed by atoms with Crippen LogP contribution in [0.25, 0.3) is 10.1 Å². The predicted molar refractivity (Wildman–Crippen MR) is 86.8 cm³/mol. The van der Waals surface area contributed by atoms with E-state index in [0.717, 1.165) is 10.1 Å². The molecule has 4 nitrogen and oxygen atoms in total. The summed E-state index contributed by atoms with van der Waals surface area (Å²) in [6.45, 7) is 1.05. The van der Waals surface area contributed by atoms with E-state index in [4.69, 9.17) is 28.6 Å². The average Bonchev–Trinajstić information content (AvgIpc) is 2.77. The number of fused-ring (bicyclic) bond motifs is 1. The van der Waals surface area contributed by atoms with Crippen LogP contribution in [0.3, 0.4) is 0 Å². The Kier molecular flexibility index (Phi) is 5.31. The highest BCUT2D eigenvalue weighted by Crippen LogP contribution is 2.34. The third kappa shape index (κ3) is 3.46. The van der Waals surface area contributed by atoms with E-state index in [9.17, 15) is 4.79 Å². The van der Waals surface area contributed by atoms with E-state index in [1.54, 1.807) is 7.11 Å². The van der Waals surface area contributed by atoms with Crippen LogP contribution in [0, 0.1) is 0 Å². The van der Waals surface area contributed by atoms with Gasteiger partial charge in [0.1, 0.15) is 4.88 Å². The molecule has 0 aliphatic heterocycles. The molecule has 0 radical (unpaired) electrons. The largest absolute Gasteiger partial charge is 0.383 e. The first-order valence-electron chi connectivity index (χ1n) is 5.88. The summed E-state index contributed by atoms with van der Waals surface area (Å²) in [6.07, 6.45) is 0. The summed E-state index contributed by atoms with van der Waals surface area (Å²) in [7, 11) is 1.60. The smallest absolute Gasteiger partial charge is 0.269 e. The van der Waals surface area contributed by atoms with Crippen LogP contribution in [-0.2, 0) is 4.74 Å². The number of hydrogen-bond acceptors (Lipinski definition) is 4. The lowest BCUT2D eigenvalue weighted by Crippen LogP contribution is -2.40. The van der Waals surface area contributed by atoms with Crippen LogP contribution in [0.2, 0.25) is 5.02 Å². The maximum absolute atomic E-state index is 12.1. The molecular weight excluding hydrogens is 316 g/mol. The van der Waals surface area contributed by atoms with Gasteiger partial charge in [-0.05, 0) is 18.3 Å². The number of rotatable bonds is 4. The molecule has 1 aromatic carbocycles. The van der Waals surface area contributed by atoms with Crippen LogP contribution >= 0.6 is 35.2 Å². The van der Waals surface area contributed by atoms with E-state index >= 15 is 0 Å². The van der Waals surface area contributed by atoms with Gasteiger partial charge in [0.05, 0.1) is 11.6 Å². The van der Waals surface area contributed by atoms with Gasteiger partial charge in [0, 0.05) is 23.7 Å². The van der Waals surface area contributed by atoms with Crippen molar-refractivity contribution in [2.45, 2.75) is 0 Å². The van der Waals surface area contributed by atoms with Gasteiger partial charge in [0.15, 0.2) is 5.11 Å². The first-order chi connectivity index (χ1) is 9.63. The summed E-state index contributed by atoms with van der Waals surface area (Å²) in [6, 6.07) is 7.62. The summed E-state index contributed by atoms with van der Waals surface area (Å²) in [5.41, 5.74) is 0. The third-order valence-corrected chi connectivity index (χ3v) is 4.48.